The zero-order valence-electron chi connectivity index (χ0n) is 12.6. The van der Waals surface area contributed by atoms with Gasteiger partial charge in [-0.25, -0.2) is 4.99 Å². The Hall–Kier alpha value is -1.51. The second-order valence-electron chi connectivity index (χ2n) is 6.56. The van der Waals surface area contributed by atoms with Crippen molar-refractivity contribution in [2.45, 2.75) is 58.4 Å². The van der Waals surface area contributed by atoms with Crippen LogP contribution in [0.4, 0.5) is 5.69 Å². The average Bonchev–Trinajstić information content (AvgIpc) is 2.91. The molecule has 0 radical (unpaired) electrons. The number of anilines is 1. The fraction of sp³-hybridized carbons (Fsp3) is 0.588. The van der Waals surface area contributed by atoms with Crippen LogP contribution in [0.1, 0.15) is 49.7 Å². The Kier molecular flexibility index (Phi) is 3.45. The van der Waals surface area contributed by atoms with Crippen LogP contribution in [-0.4, -0.2) is 12.0 Å². The largest absolute Gasteiger partial charge is 0.370 e. The van der Waals surface area contributed by atoms with Gasteiger partial charge < -0.3 is 11.1 Å². The molecule has 2 fully saturated rings. The summed E-state index contributed by atoms with van der Waals surface area (Å²) in [4.78, 5) is 4.75. The van der Waals surface area contributed by atoms with Gasteiger partial charge in [0.25, 0.3) is 0 Å². The molecular formula is C17H25N3. The molecular weight excluding hydrogens is 246 g/mol. The normalized spacial score (nSPS) is 24.7. The van der Waals surface area contributed by atoms with Gasteiger partial charge >= 0.3 is 0 Å². The van der Waals surface area contributed by atoms with E-state index < -0.39 is 0 Å². The standard InChI is InChI=1S/C17H25N3/c1-12-5-6-14(11-13(12)2)19-16(18)20-15-7-10-17(15)8-3-4-9-17/h5-6,11,15H,3-4,7-10H2,1-2H3,(H3,18,19,20). The Morgan fingerprint density at radius 3 is 2.55 bits per heavy atom. The second kappa shape index (κ2) is 5.12. The molecule has 1 spiro atoms. The highest BCUT2D eigenvalue weighted by molar-refractivity contribution is 5.92. The molecule has 2 aliphatic rings. The zero-order valence-corrected chi connectivity index (χ0v) is 12.6. The smallest absolute Gasteiger partial charge is 0.193 e. The lowest BCUT2D eigenvalue weighted by Crippen LogP contribution is -2.43. The third-order valence-corrected chi connectivity index (χ3v) is 5.30. The highest BCUT2D eigenvalue weighted by Crippen LogP contribution is 2.54. The molecule has 3 N–H and O–H groups in total. The maximum Gasteiger partial charge on any atom is 0.193 e. The Bertz CT molecular complexity index is 527. The number of aryl methyl sites for hydroxylation is 2. The van der Waals surface area contributed by atoms with Crippen molar-refractivity contribution in [3.8, 4) is 0 Å². The van der Waals surface area contributed by atoms with Gasteiger partial charge in [0.05, 0.1) is 6.04 Å². The van der Waals surface area contributed by atoms with E-state index in [0.29, 0.717) is 17.4 Å². The minimum Gasteiger partial charge on any atom is -0.370 e. The van der Waals surface area contributed by atoms with Gasteiger partial charge in [-0.2, -0.15) is 0 Å². The van der Waals surface area contributed by atoms with Gasteiger partial charge in [0.2, 0.25) is 0 Å². The van der Waals surface area contributed by atoms with Crippen molar-refractivity contribution in [3.05, 3.63) is 29.3 Å². The molecule has 20 heavy (non-hydrogen) atoms. The topological polar surface area (TPSA) is 50.4 Å². The lowest BCUT2D eigenvalue weighted by Gasteiger charge is -2.45. The number of nitrogens with one attached hydrogen (secondary N) is 1. The third-order valence-electron chi connectivity index (χ3n) is 5.30. The van der Waals surface area contributed by atoms with Crippen molar-refractivity contribution in [2.24, 2.45) is 16.1 Å². The molecule has 1 unspecified atom stereocenters. The van der Waals surface area contributed by atoms with Crippen LogP contribution >= 0.6 is 0 Å². The van der Waals surface area contributed by atoms with Crippen molar-refractivity contribution in [1.82, 2.24) is 0 Å². The van der Waals surface area contributed by atoms with E-state index >= 15 is 0 Å². The van der Waals surface area contributed by atoms with Gasteiger partial charge in [-0.05, 0) is 68.2 Å². The number of nitrogens with zero attached hydrogens (tertiary/aromatic N) is 1. The fourth-order valence-corrected chi connectivity index (χ4v) is 3.71. The predicted octanol–water partition coefficient (Wildman–Crippen LogP) is 3.75. The molecule has 0 amide bonds. The van der Waals surface area contributed by atoms with Crippen LogP contribution in [0.25, 0.3) is 0 Å². The van der Waals surface area contributed by atoms with E-state index in [1.165, 1.54) is 49.7 Å². The molecule has 0 aromatic heterocycles. The molecule has 0 saturated heterocycles. The van der Waals surface area contributed by atoms with Gasteiger partial charge in [0, 0.05) is 5.69 Å². The highest BCUT2D eigenvalue weighted by atomic mass is 15.1. The molecule has 2 saturated carbocycles. The predicted molar refractivity (Wildman–Crippen MR) is 85.1 cm³/mol. The number of hydrogen-bond donors (Lipinski definition) is 2. The molecule has 1 aromatic carbocycles. The maximum absolute atomic E-state index is 6.09. The average molecular weight is 271 g/mol. The SMILES string of the molecule is Cc1ccc(NC(N)=NC2CCC23CCCC3)cc1C. The molecule has 1 aromatic rings. The van der Waals surface area contributed by atoms with Crippen molar-refractivity contribution >= 4 is 11.6 Å². The third kappa shape index (κ3) is 2.41. The maximum atomic E-state index is 6.09. The van der Waals surface area contributed by atoms with Gasteiger partial charge in [-0.15, -0.1) is 0 Å². The molecule has 3 nitrogen and oxygen atoms in total. The van der Waals surface area contributed by atoms with Gasteiger partial charge in [-0.3, -0.25) is 0 Å². The van der Waals surface area contributed by atoms with Crippen LogP contribution < -0.4 is 11.1 Å². The van der Waals surface area contributed by atoms with Crippen LogP contribution in [0.2, 0.25) is 0 Å². The molecule has 0 aliphatic heterocycles. The van der Waals surface area contributed by atoms with Gasteiger partial charge in [0.15, 0.2) is 5.96 Å². The van der Waals surface area contributed by atoms with E-state index in [0.717, 1.165) is 5.69 Å². The number of hydrogen-bond acceptors (Lipinski definition) is 1. The summed E-state index contributed by atoms with van der Waals surface area (Å²) in [6, 6.07) is 6.76. The summed E-state index contributed by atoms with van der Waals surface area (Å²) >= 11 is 0. The highest BCUT2D eigenvalue weighted by Gasteiger charge is 2.48. The van der Waals surface area contributed by atoms with Crippen LogP contribution in [0.3, 0.4) is 0 Å². The first-order chi connectivity index (χ1) is 9.59. The van der Waals surface area contributed by atoms with E-state index in [9.17, 15) is 0 Å². The van der Waals surface area contributed by atoms with E-state index in [4.69, 9.17) is 10.7 Å². The summed E-state index contributed by atoms with van der Waals surface area (Å²) in [5.41, 5.74) is 10.2. The number of benzene rings is 1. The van der Waals surface area contributed by atoms with Crippen molar-refractivity contribution in [1.29, 1.82) is 0 Å². The van der Waals surface area contributed by atoms with E-state index in [-0.39, 0.29) is 0 Å². The molecule has 3 rings (SSSR count). The fourth-order valence-electron chi connectivity index (χ4n) is 3.71. The quantitative estimate of drug-likeness (QED) is 0.635. The summed E-state index contributed by atoms with van der Waals surface area (Å²) in [5, 5.41) is 3.24. The van der Waals surface area contributed by atoms with Crippen molar-refractivity contribution < 1.29 is 0 Å². The Labute approximate surface area is 121 Å². The summed E-state index contributed by atoms with van der Waals surface area (Å²) in [5.74, 6) is 0.573. The zero-order chi connectivity index (χ0) is 14.2. The van der Waals surface area contributed by atoms with Crippen LogP contribution in [0, 0.1) is 19.3 Å². The number of nitrogens with two attached hydrogens (primary N) is 1. The summed E-state index contributed by atoms with van der Waals surface area (Å²) in [6.45, 7) is 4.24. The Morgan fingerprint density at radius 2 is 1.95 bits per heavy atom. The number of aliphatic imine (C=N–C) groups is 1. The monoisotopic (exact) mass is 271 g/mol. The van der Waals surface area contributed by atoms with E-state index in [1.54, 1.807) is 0 Å². The van der Waals surface area contributed by atoms with E-state index in [2.05, 4.69) is 37.4 Å². The van der Waals surface area contributed by atoms with Crippen molar-refractivity contribution in [2.75, 3.05) is 5.32 Å². The summed E-state index contributed by atoms with van der Waals surface area (Å²) < 4.78 is 0. The molecule has 108 valence electrons. The molecule has 3 heteroatoms. The first-order valence-electron chi connectivity index (χ1n) is 7.77. The van der Waals surface area contributed by atoms with Gasteiger partial charge in [-0.1, -0.05) is 18.9 Å². The molecule has 1 atom stereocenters. The second-order valence-corrected chi connectivity index (χ2v) is 6.56. The minimum atomic E-state index is 0.448. The summed E-state index contributed by atoms with van der Waals surface area (Å²) in [6.07, 6.45) is 7.98. The van der Waals surface area contributed by atoms with E-state index in [1.807, 2.05) is 0 Å². The molecule has 2 aliphatic carbocycles. The van der Waals surface area contributed by atoms with Gasteiger partial charge in [0.1, 0.15) is 0 Å². The van der Waals surface area contributed by atoms with Crippen LogP contribution in [0.5, 0.6) is 0 Å². The lowest BCUT2D eigenvalue weighted by molar-refractivity contribution is 0.104. The Balaban J connectivity index is 1.68. The Morgan fingerprint density at radius 1 is 1.20 bits per heavy atom. The molecule has 0 bridgehead atoms. The van der Waals surface area contributed by atoms with Crippen molar-refractivity contribution in [3.63, 3.8) is 0 Å². The minimum absolute atomic E-state index is 0.448. The van der Waals surface area contributed by atoms with Crippen LogP contribution in [-0.2, 0) is 0 Å². The van der Waals surface area contributed by atoms with Crippen LogP contribution in [0.15, 0.2) is 23.2 Å². The number of rotatable bonds is 2. The first-order valence-corrected chi connectivity index (χ1v) is 7.77. The summed E-state index contributed by atoms with van der Waals surface area (Å²) in [7, 11) is 0. The lowest BCUT2D eigenvalue weighted by atomic mass is 9.63. The first kappa shape index (κ1) is 13.5. The molecule has 0 heterocycles. The number of guanidine groups is 1.